The van der Waals surface area contributed by atoms with Crippen molar-refractivity contribution in [3.8, 4) is 0 Å². The Bertz CT molecular complexity index is 917. The second kappa shape index (κ2) is 6.25. The fraction of sp³-hybridized carbons (Fsp3) is 0.429. The van der Waals surface area contributed by atoms with Gasteiger partial charge in [0.2, 0.25) is 5.83 Å². The molecule has 0 heterocycles. The van der Waals surface area contributed by atoms with Gasteiger partial charge in [-0.1, -0.05) is 30.3 Å². The molecule has 158 valence electrons. The van der Waals surface area contributed by atoms with Crippen LogP contribution in [0.25, 0.3) is 0 Å². The fourth-order valence-electron chi connectivity index (χ4n) is 2.61. The number of halogens is 11. The first-order valence-electron chi connectivity index (χ1n) is 6.95. The minimum absolute atomic E-state index is 0.684. The summed E-state index contributed by atoms with van der Waals surface area (Å²) in [6, 6.07) is 4.87. The third-order valence-electron chi connectivity index (χ3n) is 4.17. The molecule has 2 unspecified atom stereocenters. The average molecular weight is 465 g/mol. The third-order valence-corrected chi connectivity index (χ3v) is 6.10. The predicted octanol–water partition coefficient (Wildman–Crippen LogP) is 5.24. The average Bonchev–Trinajstić information content (AvgIpc) is 2.57. The van der Waals surface area contributed by atoms with E-state index in [2.05, 4.69) is 10.7 Å². The molecule has 0 saturated heterocycles. The topological polar surface area (TPSA) is 34.1 Å². The highest BCUT2D eigenvalue weighted by atomic mass is 35.7. The number of hydrogen-bond donors (Lipinski definition) is 0. The molecule has 0 fully saturated rings. The van der Waals surface area contributed by atoms with Gasteiger partial charge in [-0.25, -0.2) is 26.0 Å². The maximum atomic E-state index is 15.2. The normalized spacial score (nSPS) is 28.7. The summed E-state index contributed by atoms with van der Waals surface area (Å²) in [5.41, 5.74) is -7.11. The van der Waals surface area contributed by atoms with Gasteiger partial charge in [0.15, 0.2) is 5.83 Å². The van der Waals surface area contributed by atoms with E-state index in [1.165, 1.54) is 6.07 Å². The van der Waals surface area contributed by atoms with Crippen molar-refractivity contribution in [2.75, 3.05) is 0 Å². The second-order valence-corrected chi connectivity index (χ2v) is 8.58. The molecule has 0 aromatic heterocycles. The van der Waals surface area contributed by atoms with E-state index >= 15 is 4.39 Å². The molecule has 28 heavy (non-hydrogen) atoms. The highest BCUT2D eigenvalue weighted by Crippen LogP contribution is 2.66. The van der Waals surface area contributed by atoms with Gasteiger partial charge in [0, 0.05) is 17.1 Å². The van der Waals surface area contributed by atoms with Crippen LogP contribution in [0.15, 0.2) is 42.0 Å². The van der Waals surface area contributed by atoms with Crippen LogP contribution in [0.1, 0.15) is 5.56 Å². The van der Waals surface area contributed by atoms with Gasteiger partial charge in [-0.05, 0) is 5.56 Å². The largest absolute Gasteiger partial charge is 0.382 e. The molecule has 1 aliphatic carbocycles. The molecule has 0 amide bonds. The molecular formula is C14H7ClF10O2S. The van der Waals surface area contributed by atoms with E-state index in [0.29, 0.717) is 0 Å². The number of hydrogen-bond acceptors (Lipinski definition) is 2. The maximum Gasteiger partial charge on any atom is 0.382 e. The Kier molecular flexibility index (Phi) is 5.08. The molecule has 0 radical (unpaired) electrons. The van der Waals surface area contributed by atoms with Gasteiger partial charge < -0.3 is 0 Å². The van der Waals surface area contributed by atoms with Crippen LogP contribution in [0.4, 0.5) is 43.9 Å². The van der Waals surface area contributed by atoms with Crippen molar-refractivity contribution in [1.82, 2.24) is 0 Å². The first-order valence-corrected chi connectivity index (χ1v) is 9.26. The van der Waals surface area contributed by atoms with Crippen molar-refractivity contribution in [1.29, 1.82) is 0 Å². The summed E-state index contributed by atoms with van der Waals surface area (Å²) >= 11 is 0. The molecule has 0 spiro atoms. The van der Waals surface area contributed by atoms with Crippen LogP contribution < -0.4 is 0 Å². The van der Waals surface area contributed by atoms with E-state index in [-0.39, 0.29) is 0 Å². The van der Waals surface area contributed by atoms with Crippen molar-refractivity contribution in [3.63, 3.8) is 0 Å². The van der Waals surface area contributed by atoms with E-state index in [1.807, 2.05) is 0 Å². The molecule has 2 nitrogen and oxygen atoms in total. The van der Waals surface area contributed by atoms with Crippen molar-refractivity contribution in [2.45, 2.75) is 34.9 Å². The summed E-state index contributed by atoms with van der Waals surface area (Å²) in [5, 5.41) is -5.51. The summed E-state index contributed by atoms with van der Waals surface area (Å²) in [4.78, 5) is 0. The van der Waals surface area contributed by atoms with E-state index in [4.69, 9.17) is 0 Å². The SMILES string of the molecule is O=S(=O)(Cl)C(F)(Cc1ccccc1)C1(F)C(F)=C(F)C(F)(F)C(F)(F)C1(F)F. The highest BCUT2D eigenvalue weighted by molar-refractivity contribution is 8.14. The molecule has 2 rings (SSSR count). The van der Waals surface area contributed by atoms with Gasteiger partial charge in [0.05, 0.1) is 0 Å². The summed E-state index contributed by atoms with van der Waals surface area (Å²) in [7, 11) is -1.81. The number of rotatable bonds is 4. The number of benzene rings is 1. The van der Waals surface area contributed by atoms with Crippen molar-refractivity contribution in [2.24, 2.45) is 0 Å². The molecule has 14 heteroatoms. The van der Waals surface area contributed by atoms with Crippen LogP contribution in [-0.4, -0.2) is 36.9 Å². The van der Waals surface area contributed by atoms with E-state index in [9.17, 15) is 47.9 Å². The zero-order chi connectivity index (χ0) is 22.0. The lowest BCUT2D eigenvalue weighted by Crippen LogP contribution is -2.74. The van der Waals surface area contributed by atoms with Crippen molar-refractivity contribution in [3.05, 3.63) is 47.5 Å². The molecular weight excluding hydrogens is 458 g/mol. The van der Waals surface area contributed by atoms with E-state index in [1.54, 1.807) is 0 Å². The predicted molar refractivity (Wildman–Crippen MR) is 76.7 cm³/mol. The number of allylic oxidation sites excluding steroid dienone is 2. The van der Waals surface area contributed by atoms with Gasteiger partial charge in [0.1, 0.15) is 0 Å². The summed E-state index contributed by atoms with van der Waals surface area (Å²) in [6.07, 6.45) is -2.13. The van der Waals surface area contributed by atoms with Gasteiger partial charge >= 0.3 is 17.8 Å². The third kappa shape index (κ3) is 2.57. The lowest BCUT2D eigenvalue weighted by Gasteiger charge is -2.47. The Labute approximate surface area is 155 Å². The molecule has 1 aromatic carbocycles. The van der Waals surface area contributed by atoms with Crippen molar-refractivity contribution < 1.29 is 52.3 Å². The Morgan fingerprint density at radius 2 is 1.32 bits per heavy atom. The van der Waals surface area contributed by atoms with Crippen LogP contribution in [0, 0.1) is 0 Å². The minimum Gasteiger partial charge on any atom is -0.224 e. The Hall–Kier alpha value is -1.50. The Morgan fingerprint density at radius 1 is 0.857 bits per heavy atom. The molecule has 1 aliphatic rings. The minimum atomic E-state index is -7.07. The van der Waals surface area contributed by atoms with Crippen LogP contribution in [-0.2, 0) is 15.5 Å². The second-order valence-electron chi connectivity index (χ2n) is 5.84. The van der Waals surface area contributed by atoms with Crippen molar-refractivity contribution >= 4 is 19.7 Å². The molecule has 0 aliphatic heterocycles. The summed E-state index contributed by atoms with van der Waals surface area (Å²) in [6.45, 7) is 0. The molecule has 0 N–H and O–H groups in total. The van der Waals surface area contributed by atoms with Gasteiger partial charge in [-0.15, -0.1) is 0 Å². The molecule has 2 atom stereocenters. The molecule has 0 bridgehead atoms. The smallest absolute Gasteiger partial charge is 0.224 e. The van der Waals surface area contributed by atoms with Gasteiger partial charge in [0.25, 0.3) is 19.7 Å². The van der Waals surface area contributed by atoms with Crippen LogP contribution >= 0.6 is 10.7 Å². The Morgan fingerprint density at radius 3 is 1.75 bits per heavy atom. The van der Waals surface area contributed by atoms with E-state index < -0.39 is 61.1 Å². The lowest BCUT2D eigenvalue weighted by molar-refractivity contribution is -0.355. The summed E-state index contributed by atoms with van der Waals surface area (Å²) in [5.74, 6) is -28.9. The quantitative estimate of drug-likeness (QED) is 0.451. The lowest BCUT2D eigenvalue weighted by atomic mass is 9.76. The zero-order valence-corrected chi connectivity index (χ0v) is 14.5. The first-order chi connectivity index (χ1) is 12.4. The van der Waals surface area contributed by atoms with Crippen LogP contribution in [0.2, 0.25) is 0 Å². The van der Waals surface area contributed by atoms with E-state index in [0.717, 1.165) is 24.3 Å². The maximum absolute atomic E-state index is 15.2. The van der Waals surface area contributed by atoms with Crippen LogP contribution in [0.3, 0.4) is 0 Å². The Balaban J connectivity index is 2.93. The monoisotopic (exact) mass is 464 g/mol. The van der Waals surface area contributed by atoms with Crippen LogP contribution in [0.5, 0.6) is 0 Å². The highest BCUT2D eigenvalue weighted by Gasteiger charge is 2.92. The zero-order valence-electron chi connectivity index (χ0n) is 13.0. The molecule has 1 aromatic rings. The first kappa shape index (κ1) is 22.8. The summed E-state index contributed by atoms with van der Waals surface area (Å²) < 4.78 is 162. The number of alkyl halides is 8. The molecule has 0 saturated carbocycles. The fourth-order valence-corrected chi connectivity index (χ4v) is 3.99. The van der Waals surface area contributed by atoms with Gasteiger partial charge in [-0.2, -0.15) is 26.3 Å². The van der Waals surface area contributed by atoms with Gasteiger partial charge in [-0.3, -0.25) is 0 Å². The standard InChI is InChI=1S/C14H7ClF10O2S/c15-28(26,27)10(18,6-7-4-2-1-3-5-7)11(19)8(16)9(17)12(20,21)14(24,25)13(11,22)23/h1-5H,6H2.